The predicted molar refractivity (Wildman–Crippen MR) is 130 cm³/mol. The molecule has 7 heteroatoms. The Labute approximate surface area is 198 Å². The van der Waals surface area contributed by atoms with Gasteiger partial charge in [-0.2, -0.15) is 0 Å². The Kier molecular flexibility index (Phi) is 6.92. The van der Waals surface area contributed by atoms with Crippen molar-refractivity contribution in [1.29, 1.82) is 0 Å². The first-order valence-electron chi connectivity index (χ1n) is 10.8. The number of hydrogen-bond donors (Lipinski definition) is 1. The Balaban J connectivity index is 1.61. The van der Waals surface area contributed by atoms with E-state index >= 15 is 0 Å². The molecule has 0 aliphatic heterocycles. The quantitative estimate of drug-likeness (QED) is 0.272. The van der Waals surface area contributed by atoms with E-state index in [4.69, 9.17) is 23.7 Å². The Hall–Kier alpha value is -4.13. The molecule has 0 unspecified atom stereocenters. The maximum absolute atomic E-state index is 13.0. The van der Waals surface area contributed by atoms with Crippen molar-refractivity contribution in [3.05, 3.63) is 77.4 Å². The zero-order valence-electron chi connectivity index (χ0n) is 19.6. The molecule has 1 aromatic heterocycles. The number of rotatable bonds is 9. The molecule has 0 aliphatic rings. The average Bonchev–Trinajstić information content (AvgIpc) is 3.25. The maximum atomic E-state index is 13.0. The van der Waals surface area contributed by atoms with Crippen LogP contribution in [0.3, 0.4) is 0 Å². The number of aromatic amines is 1. The Morgan fingerprint density at radius 1 is 0.765 bits per heavy atom. The summed E-state index contributed by atoms with van der Waals surface area (Å²) in [5, 5.41) is 0.750. The molecule has 4 rings (SSSR count). The fourth-order valence-corrected chi connectivity index (χ4v) is 3.94. The van der Waals surface area contributed by atoms with Gasteiger partial charge in [0.05, 0.1) is 28.4 Å². The molecule has 0 fully saturated rings. The second kappa shape index (κ2) is 10.2. The van der Waals surface area contributed by atoms with Crippen LogP contribution in [0.5, 0.6) is 28.9 Å². The summed E-state index contributed by atoms with van der Waals surface area (Å²) in [5.41, 5.74) is 3.28. The topological polar surface area (TPSA) is 79.0 Å². The summed E-state index contributed by atoms with van der Waals surface area (Å²) in [6, 6.07) is 18.8. The summed E-state index contributed by atoms with van der Waals surface area (Å²) in [4.78, 5) is 16.2. The second-order valence-corrected chi connectivity index (χ2v) is 7.65. The minimum absolute atomic E-state index is 0.371. The van der Waals surface area contributed by atoms with Crippen molar-refractivity contribution in [2.45, 2.75) is 12.8 Å². The number of hydrogen-bond acceptors (Lipinski definition) is 6. The highest BCUT2D eigenvalue weighted by molar-refractivity contribution is 6.07. The summed E-state index contributed by atoms with van der Waals surface area (Å²) in [5.74, 6) is 2.18. The van der Waals surface area contributed by atoms with E-state index in [-0.39, 0.29) is 0 Å². The van der Waals surface area contributed by atoms with Crippen LogP contribution in [0.15, 0.2) is 60.7 Å². The van der Waals surface area contributed by atoms with Gasteiger partial charge in [-0.1, -0.05) is 24.3 Å². The molecule has 0 saturated carbocycles. The molecule has 0 aliphatic carbocycles. The second-order valence-electron chi connectivity index (χ2n) is 7.65. The fourth-order valence-electron chi connectivity index (χ4n) is 3.94. The van der Waals surface area contributed by atoms with E-state index in [1.54, 1.807) is 33.5 Å². The minimum Gasteiger partial charge on any atom is -0.493 e. The first-order valence-corrected chi connectivity index (χ1v) is 10.8. The average molecular weight is 462 g/mol. The maximum Gasteiger partial charge on any atom is 0.349 e. The van der Waals surface area contributed by atoms with Gasteiger partial charge in [0.15, 0.2) is 11.5 Å². The summed E-state index contributed by atoms with van der Waals surface area (Å²) < 4.78 is 27.3. The molecule has 1 heterocycles. The Bertz CT molecular complexity index is 1270. The standard InChI is InChI=1S/C27H27NO6/c1-30-22-15-18(16-23(31-2)25(22)32-3)11-10-17-12-13-21-20(14-17)24(26(28-21)33-4)27(29)34-19-8-6-5-7-9-19/h5-9,12-16,28H,10-11H2,1-4H3. The first-order chi connectivity index (χ1) is 16.6. The predicted octanol–water partition coefficient (Wildman–Crippen LogP) is 5.21. The van der Waals surface area contributed by atoms with Gasteiger partial charge >= 0.3 is 5.97 Å². The molecule has 3 aromatic carbocycles. The van der Waals surface area contributed by atoms with Crippen molar-refractivity contribution in [2.24, 2.45) is 0 Å². The molecule has 0 amide bonds. The van der Waals surface area contributed by atoms with E-state index in [0.717, 1.165) is 34.9 Å². The largest absolute Gasteiger partial charge is 0.493 e. The molecule has 4 aromatic rings. The third kappa shape index (κ3) is 4.64. The van der Waals surface area contributed by atoms with Crippen molar-refractivity contribution in [1.82, 2.24) is 4.98 Å². The lowest BCUT2D eigenvalue weighted by Gasteiger charge is -2.14. The number of esters is 1. The van der Waals surface area contributed by atoms with Gasteiger partial charge in [-0.15, -0.1) is 0 Å². The number of methoxy groups -OCH3 is 4. The lowest BCUT2D eigenvalue weighted by atomic mass is 10.0. The minimum atomic E-state index is -0.476. The van der Waals surface area contributed by atoms with E-state index in [1.165, 1.54) is 7.11 Å². The number of aryl methyl sites for hydroxylation is 2. The van der Waals surface area contributed by atoms with Gasteiger partial charge in [-0.3, -0.25) is 0 Å². The normalized spacial score (nSPS) is 10.7. The van der Waals surface area contributed by atoms with Crippen LogP contribution in [0.4, 0.5) is 0 Å². The third-order valence-electron chi connectivity index (χ3n) is 5.62. The molecule has 34 heavy (non-hydrogen) atoms. The van der Waals surface area contributed by atoms with E-state index in [0.29, 0.717) is 34.4 Å². The molecule has 0 spiro atoms. The van der Waals surface area contributed by atoms with E-state index in [2.05, 4.69) is 4.98 Å². The van der Waals surface area contributed by atoms with Gasteiger partial charge in [0.1, 0.15) is 11.3 Å². The number of carbonyl (C=O) groups excluding carboxylic acids is 1. The van der Waals surface area contributed by atoms with E-state index in [9.17, 15) is 4.79 Å². The van der Waals surface area contributed by atoms with Crippen LogP contribution in [0, 0.1) is 0 Å². The number of fused-ring (bicyclic) bond motifs is 1. The first kappa shape index (κ1) is 23.0. The van der Waals surface area contributed by atoms with Crippen LogP contribution in [0.25, 0.3) is 10.9 Å². The molecule has 0 saturated heterocycles. The molecule has 0 atom stereocenters. The zero-order chi connectivity index (χ0) is 24.1. The fraction of sp³-hybridized carbons (Fsp3) is 0.222. The van der Waals surface area contributed by atoms with Crippen molar-refractivity contribution in [3.63, 3.8) is 0 Å². The number of nitrogens with one attached hydrogen (secondary N) is 1. The highest BCUT2D eigenvalue weighted by Crippen LogP contribution is 2.38. The third-order valence-corrected chi connectivity index (χ3v) is 5.62. The van der Waals surface area contributed by atoms with Gasteiger partial charge in [-0.05, 0) is 60.4 Å². The number of ether oxygens (including phenoxy) is 5. The molecular weight excluding hydrogens is 434 g/mol. The lowest BCUT2D eigenvalue weighted by molar-refractivity contribution is 0.0733. The van der Waals surface area contributed by atoms with Crippen LogP contribution in [-0.4, -0.2) is 39.4 Å². The van der Waals surface area contributed by atoms with Gasteiger partial charge in [-0.25, -0.2) is 4.79 Å². The molecular formula is C27H27NO6. The lowest BCUT2D eigenvalue weighted by Crippen LogP contribution is -2.09. The van der Waals surface area contributed by atoms with Crippen molar-refractivity contribution < 1.29 is 28.5 Å². The number of para-hydroxylation sites is 1. The SMILES string of the molecule is COc1cc(CCc2ccc3[nH]c(OC)c(C(=O)Oc4ccccc4)c3c2)cc(OC)c1OC. The number of benzene rings is 3. The zero-order valence-corrected chi connectivity index (χ0v) is 19.6. The molecule has 1 N–H and O–H groups in total. The van der Waals surface area contributed by atoms with Crippen LogP contribution < -0.4 is 23.7 Å². The molecule has 7 nitrogen and oxygen atoms in total. The summed E-state index contributed by atoms with van der Waals surface area (Å²) in [6.07, 6.45) is 1.49. The van der Waals surface area contributed by atoms with Gasteiger partial charge in [0.25, 0.3) is 0 Å². The Morgan fingerprint density at radius 2 is 1.44 bits per heavy atom. The molecule has 0 bridgehead atoms. The number of H-pyrrole nitrogens is 1. The highest BCUT2D eigenvalue weighted by atomic mass is 16.5. The summed E-state index contributed by atoms with van der Waals surface area (Å²) >= 11 is 0. The van der Waals surface area contributed by atoms with Gasteiger partial charge < -0.3 is 28.7 Å². The summed E-state index contributed by atoms with van der Waals surface area (Å²) in [6.45, 7) is 0. The highest BCUT2D eigenvalue weighted by Gasteiger charge is 2.22. The van der Waals surface area contributed by atoms with E-state index in [1.807, 2.05) is 48.5 Å². The van der Waals surface area contributed by atoms with Crippen molar-refractivity contribution in [2.75, 3.05) is 28.4 Å². The van der Waals surface area contributed by atoms with Gasteiger partial charge in [0, 0.05) is 10.9 Å². The van der Waals surface area contributed by atoms with E-state index < -0.39 is 5.97 Å². The smallest absolute Gasteiger partial charge is 0.349 e. The molecule has 0 radical (unpaired) electrons. The number of carbonyl (C=O) groups is 1. The Morgan fingerprint density at radius 3 is 2.06 bits per heavy atom. The monoisotopic (exact) mass is 461 g/mol. The number of aromatic nitrogens is 1. The van der Waals surface area contributed by atoms with Crippen LogP contribution in [0.1, 0.15) is 21.5 Å². The van der Waals surface area contributed by atoms with Crippen LogP contribution in [-0.2, 0) is 12.8 Å². The van der Waals surface area contributed by atoms with Crippen LogP contribution >= 0.6 is 0 Å². The van der Waals surface area contributed by atoms with Crippen molar-refractivity contribution in [3.8, 4) is 28.9 Å². The molecule has 176 valence electrons. The van der Waals surface area contributed by atoms with Crippen molar-refractivity contribution >= 4 is 16.9 Å². The van der Waals surface area contributed by atoms with Crippen LogP contribution in [0.2, 0.25) is 0 Å². The summed E-state index contributed by atoms with van der Waals surface area (Å²) in [7, 11) is 6.31. The van der Waals surface area contributed by atoms with Gasteiger partial charge in [0.2, 0.25) is 11.6 Å².